The van der Waals surface area contributed by atoms with E-state index in [2.05, 4.69) is 5.32 Å². The Morgan fingerprint density at radius 2 is 2.06 bits per heavy atom. The zero-order valence-corrected chi connectivity index (χ0v) is 11.8. The van der Waals surface area contributed by atoms with Gasteiger partial charge in [0.15, 0.2) is 5.78 Å². The van der Waals surface area contributed by atoms with Crippen molar-refractivity contribution < 1.29 is 9.59 Å². The van der Waals surface area contributed by atoms with E-state index < -0.39 is 0 Å². The lowest BCUT2D eigenvalue weighted by Crippen LogP contribution is -2.25. The van der Waals surface area contributed by atoms with Crippen molar-refractivity contribution in [3.8, 4) is 0 Å². The summed E-state index contributed by atoms with van der Waals surface area (Å²) in [7, 11) is 0. The summed E-state index contributed by atoms with van der Waals surface area (Å²) in [6.07, 6.45) is 2.35. The van der Waals surface area contributed by atoms with Gasteiger partial charge in [0.1, 0.15) is 0 Å². The third-order valence-electron chi connectivity index (χ3n) is 2.33. The topological polar surface area (TPSA) is 72.2 Å². The Bertz CT molecular complexity index is 355. The van der Waals surface area contributed by atoms with Gasteiger partial charge in [-0.05, 0) is 30.8 Å². The van der Waals surface area contributed by atoms with Gasteiger partial charge in [0.2, 0.25) is 5.91 Å². The average Bonchev–Trinajstić information content (AvgIpc) is 2.85. The van der Waals surface area contributed by atoms with Gasteiger partial charge in [-0.25, -0.2) is 0 Å². The van der Waals surface area contributed by atoms with Gasteiger partial charge in [0.25, 0.3) is 0 Å². The first kappa shape index (κ1) is 17.1. The van der Waals surface area contributed by atoms with E-state index in [1.54, 1.807) is 6.07 Å². The number of carbonyl (C=O) groups excluding carboxylic acids is 2. The minimum atomic E-state index is -0.0630. The van der Waals surface area contributed by atoms with Crippen LogP contribution in [-0.4, -0.2) is 24.8 Å². The second-order valence-corrected chi connectivity index (χ2v) is 4.69. The lowest BCUT2D eigenvalue weighted by molar-refractivity contribution is -0.121. The van der Waals surface area contributed by atoms with E-state index in [1.807, 2.05) is 11.4 Å². The number of nitrogens with two attached hydrogens (primary N) is 1. The fourth-order valence-corrected chi connectivity index (χ4v) is 2.07. The van der Waals surface area contributed by atoms with E-state index in [0.717, 1.165) is 17.7 Å². The van der Waals surface area contributed by atoms with Gasteiger partial charge >= 0.3 is 0 Å². The number of halogens is 1. The van der Waals surface area contributed by atoms with E-state index in [1.165, 1.54) is 11.3 Å². The van der Waals surface area contributed by atoms with Gasteiger partial charge < -0.3 is 11.1 Å². The number of ketones is 1. The molecule has 18 heavy (non-hydrogen) atoms. The first-order valence-corrected chi connectivity index (χ1v) is 6.65. The summed E-state index contributed by atoms with van der Waals surface area (Å²) in [5.41, 5.74) is 5.34. The van der Waals surface area contributed by atoms with Crippen LogP contribution in [0.25, 0.3) is 0 Å². The SMILES string of the molecule is Cl.NCCCCNC(=O)CCC(=O)c1cccs1. The molecule has 0 aliphatic rings. The van der Waals surface area contributed by atoms with Crippen LogP contribution in [0, 0.1) is 0 Å². The van der Waals surface area contributed by atoms with Crippen LogP contribution in [0.5, 0.6) is 0 Å². The summed E-state index contributed by atoms with van der Waals surface area (Å²) in [5.74, 6) is -0.0240. The van der Waals surface area contributed by atoms with Crippen LogP contribution < -0.4 is 11.1 Å². The molecule has 0 spiro atoms. The fraction of sp³-hybridized carbons (Fsp3) is 0.500. The summed E-state index contributed by atoms with van der Waals surface area (Å²) in [5, 5.41) is 4.64. The Morgan fingerprint density at radius 3 is 2.67 bits per heavy atom. The third kappa shape index (κ3) is 6.74. The maximum atomic E-state index is 11.6. The van der Waals surface area contributed by atoms with E-state index in [0.29, 0.717) is 13.1 Å². The van der Waals surface area contributed by atoms with E-state index in [-0.39, 0.29) is 36.9 Å². The van der Waals surface area contributed by atoms with Gasteiger partial charge in [-0.15, -0.1) is 23.7 Å². The molecule has 0 aliphatic carbocycles. The molecule has 0 aromatic carbocycles. The summed E-state index contributed by atoms with van der Waals surface area (Å²) >= 11 is 1.41. The van der Waals surface area contributed by atoms with Crippen LogP contribution in [0.2, 0.25) is 0 Å². The first-order chi connectivity index (χ1) is 8.24. The molecule has 4 nitrogen and oxygen atoms in total. The van der Waals surface area contributed by atoms with Crippen LogP contribution in [0.1, 0.15) is 35.4 Å². The quantitative estimate of drug-likeness (QED) is 0.568. The van der Waals surface area contributed by atoms with Gasteiger partial charge in [-0.2, -0.15) is 0 Å². The molecule has 1 heterocycles. The van der Waals surface area contributed by atoms with Crippen LogP contribution in [0.3, 0.4) is 0 Å². The van der Waals surface area contributed by atoms with Gasteiger partial charge in [-0.1, -0.05) is 6.07 Å². The summed E-state index contributed by atoms with van der Waals surface area (Å²) in [6.45, 7) is 1.29. The van der Waals surface area contributed by atoms with Crippen LogP contribution >= 0.6 is 23.7 Å². The Hall–Kier alpha value is -0.910. The zero-order chi connectivity index (χ0) is 12.5. The standard InChI is InChI=1S/C12H18N2O2S.ClH/c13-7-1-2-8-14-12(16)6-5-10(15)11-4-3-9-17-11;/h3-4,9H,1-2,5-8,13H2,(H,14,16);1H. The van der Waals surface area contributed by atoms with E-state index in [9.17, 15) is 9.59 Å². The van der Waals surface area contributed by atoms with Crippen molar-refractivity contribution in [2.45, 2.75) is 25.7 Å². The van der Waals surface area contributed by atoms with Crippen molar-refractivity contribution in [1.29, 1.82) is 0 Å². The van der Waals surface area contributed by atoms with Crippen molar-refractivity contribution in [2.75, 3.05) is 13.1 Å². The normalized spacial score (nSPS) is 9.61. The minimum absolute atomic E-state index is 0. The molecule has 0 fully saturated rings. The zero-order valence-electron chi connectivity index (χ0n) is 10.2. The maximum absolute atomic E-state index is 11.6. The number of amides is 1. The number of hydrogen-bond donors (Lipinski definition) is 2. The summed E-state index contributed by atoms with van der Waals surface area (Å²) in [6, 6.07) is 3.62. The highest BCUT2D eigenvalue weighted by atomic mass is 35.5. The number of rotatable bonds is 8. The monoisotopic (exact) mass is 290 g/mol. The van der Waals surface area contributed by atoms with Gasteiger partial charge in [-0.3, -0.25) is 9.59 Å². The highest BCUT2D eigenvalue weighted by Gasteiger charge is 2.09. The molecular weight excluding hydrogens is 272 g/mol. The lowest BCUT2D eigenvalue weighted by atomic mass is 10.2. The Morgan fingerprint density at radius 1 is 1.28 bits per heavy atom. The molecule has 1 amide bonds. The van der Waals surface area contributed by atoms with Crippen LogP contribution in [-0.2, 0) is 4.79 Å². The molecule has 0 bridgehead atoms. The molecule has 1 aromatic rings. The third-order valence-corrected chi connectivity index (χ3v) is 3.24. The second-order valence-electron chi connectivity index (χ2n) is 3.75. The van der Waals surface area contributed by atoms with E-state index in [4.69, 9.17) is 5.73 Å². The van der Waals surface area contributed by atoms with Crippen LogP contribution in [0.4, 0.5) is 0 Å². The molecule has 0 saturated carbocycles. The molecule has 1 aromatic heterocycles. The Labute approximate surface area is 117 Å². The number of thiophene rings is 1. The number of nitrogens with one attached hydrogen (secondary N) is 1. The minimum Gasteiger partial charge on any atom is -0.356 e. The maximum Gasteiger partial charge on any atom is 0.220 e. The second kappa shape index (κ2) is 10.1. The van der Waals surface area contributed by atoms with Crippen molar-refractivity contribution in [1.82, 2.24) is 5.32 Å². The van der Waals surface area contributed by atoms with Crippen molar-refractivity contribution in [3.05, 3.63) is 22.4 Å². The van der Waals surface area contributed by atoms with Gasteiger partial charge in [0.05, 0.1) is 4.88 Å². The molecule has 0 saturated heterocycles. The number of carbonyl (C=O) groups is 2. The molecular formula is C12H19ClN2O2S. The molecule has 0 atom stereocenters. The lowest BCUT2D eigenvalue weighted by Gasteiger charge is -2.03. The predicted molar refractivity (Wildman–Crippen MR) is 76.4 cm³/mol. The number of Topliss-reactive ketones (excluding diaryl/α,β-unsaturated/α-hetero) is 1. The van der Waals surface area contributed by atoms with Crippen molar-refractivity contribution >= 4 is 35.4 Å². The van der Waals surface area contributed by atoms with E-state index >= 15 is 0 Å². The fourth-order valence-electron chi connectivity index (χ4n) is 1.37. The molecule has 0 aliphatic heterocycles. The molecule has 1 rings (SSSR count). The molecule has 0 radical (unpaired) electrons. The summed E-state index contributed by atoms with van der Waals surface area (Å²) in [4.78, 5) is 23.7. The van der Waals surface area contributed by atoms with Crippen molar-refractivity contribution in [3.63, 3.8) is 0 Å². The summed E-state index contributed by atoms with van der Waals surface area (Å²) < 4.78 is 0. The smallest absolute Gasteiger partial charge is 0.220 e. The van der Waals surface area contributed by atoms with Crippen LogP contribution in [0.15, 0.2) is 17.5 Å². The van der Waals surface area contributed by atoms with Crippen molar-refractivity contribution in [2.24, 2.45) is 5.73 Å². The number of hydrogen-bond acceptors (Lipinski definition) is 4. The highest BCUT2D eigenvalue weighted by Crippen LogP contribution is 2.12. The first-order valence-electron chi connectivity index (χ1n) is 5.77. The molecule has 6 heteroatoms. The Kier molecular flexibility index (Phi) is 9.55. The highest BCUT2D eigenvalue weighted by molar-refractivity contribution is 7.12. The molecule has 0 unspecified atom stereocenters. The average molecular weight is 291 g/mol. The van der Waals surface area contributed by atoms with Gasteiger partial charge in [0, 0.05) is 19.4 Å². The molecule has 102 valence electrons. The molecule has 3 N–H and O–H groups in total. The Balaban J connectivity index is 0.00000289. The number of unbranched alkanes of at least 4 members (excludes halogenated alkanes) is 1. The largest absolute Gasteiger partial charge is 0.356 e. The predicted octanol–water partition coefficient (Wildman–Crippen LogP) is 1.99.